The van der Waals surface area contributed by atoms with E-state index >= 15 is 0 Å². The predicted octanol–water partition coefficient (Wildman–Crippen LogP) is 2.18. The van der Waals surface area contributed by atoms with Crippen LogP contribution in [0.2, 0.25) is 0 Å². The van der Waals surface area contributed by atoms with Gasteiger partial charge in [0.15, 0.2) is 0 Å². The van der Waals surface area contributed by atoms with Crippen molar-refractivity contribution in [3.05, 3.63) is 35.9 Å². The van der Waals surface area contributed by atoms with E-state index in [0.29, 0.717) is 11.3 Å². The van der Waals surface area contributed by atoms with E-state index in [4.69, 9.17) is 5.73 Å². The third-order valence-corrected chi connectivity index (χ3v) is 4.79. The molecule has 7 heteroatoms. The molecule has 0 aliphatic carbocycles. The summed E-state index contributed by atoms with van der Waals surface area (Å²) in [4.78, 5) is 8.29. The van der Waals surface area contributed by atoms with Crippen LogP contribution in [0.4, 0.5) is 11.8 Å². The standard InChI is InChI=1S/C14H18N4O2S/c1-9(2)21(19,20)18-14-16-12(10(3)13(15)17-14)11-7-5-4-6-8-11/h4-9H,1-3H3,(H3,15,16,17,18). The van der Waals surface area contributed by atoms with Gasteiger partial charge >= 0.3 is 0 Å². The fourth-order valence-electron chi connectivity index (χ4n) is 1.70. The number of rotatable bonds is 4. The maximum atomic E-state index is 11.9. The Balaban J connectivity index is 2.50. The van der Waals surface area contributed by atoms with E-state index < -0.39 is 15.3 Å². The summed E-state index contributed by atoms with van der Waals surface area (Å²) in [6.45, 7) is 4.97. The highest BCUT2D eigenvalue weighted by Crippen LogP contribution is 2.25. The molecule has 0 amide bonds. The number of nitrogens with one attached hydrogen (secondary N) is 1. The highest BCUT2D eigenvalue weighted by Gasteiger charge is 2.19. The number of nitrogens with two attached hydrogens (primary N) is 1. The summed E-state index contributed by atoms with van der Waals surface area (Å²) in [5.74, 6) is 0.246. The summed E-state index contributed by atoms with van der Waals surface area (Å²) in [6, 6.07) is 9.42. The van der Waals surface area contributed by atoms with Crippen LogP contribution in [0.5, 0.6) is 0 Å². The van der Waals surface area contributed by atoms with Crippen molar-refractivity contribution in [2.45, 2.75) is 26.0 Å². The minimum Gasteiger partial charge on any atom is -0.383 e. The van der Waals surface area contributed by atoms with Crippen LogP contribution in [0.1, 0.15) is 19.4 Å². The van der Waals surface area contributed by atoms with Crippen molar-refractivity contribution in [2.24, 2.45) is 0 Å². The SMILES string of the molecule is Cc1c(N)nc(NS(=O)(=O)C(C)C)nc1-c1ccccc1. The van der Waals surface area contributed by atoms with E-state index in [1.54, 1.807) is 20.8 Å². The number of hydrogen-bond donors (Lipinski definition) is 2. The molecule has 0 bridgehead atoms. The average molecular weight is 306 g/mol. The average Bonchev–Trinajstić information content (AvgIpc) is 2.43. The summed E-state index contributed by atoms with van der Waals surface area (Å²) < 4.78 is 26.2. The van der Waals surface area contributed by atoms with E-state index in [1.807, 2.05) is 30.3 Å². The van der Waals surface area contributed by atoms with Gasteiger partial charge in [0.1, 0.15) is 5.82 Å². The van der Waals surface area contributed by atoms with Crippen LogP contribution < -0.4 is 10.5 Å². The molecule has 0 spiro atoms. The molecule has 1 aromatic carbocycles. The van der Waals surface area contributed by atoms with Gasteiger partial charge in [0.2, 0.25) is 16.0 Å². The first-order valence-electron chi connectivity index (χ1n) is 6.52. The van der Waals surface area contributed by atoms with Crippen molar-refractivity contribution in [3.8, 4) is 11.3 Å². The minimum absolute atomic E-state index is 0.00865. The van der Waals surface area contributed by atoms with Gasteiger partial charge in [-0.3, -0.25) is 4.72 Å². The van der Waals surface area contributed by atoms with E-state index in [0.717, 1.165) is 5.56 Å². The van der Waals surface area contributed by atoms with Gasteiger partial charge < -0.3 is 5.73 Å². The van der Waals surface area contributed by atoms with Crippen molar-refractivity contribution in [1.29, 1.82) is 0 Å². The van der Waals surface area contributed by atoms with Crippen LogP contribution in [0.15, 0.2) is 30.3 Å². The Morgan fingerprint density at radius 1 is 1.14 bits per heavy atom. The zero-order chi connectivity index (χ0) is 15.6. The van der Waals surface area contributed by atoms with E-state index in [-0.39, 0.29) is 11.8 Å². The van der Waals surface area contributed by atoms with Gasteiger partial charge in [0, 0.05) is 11.1 Å². The molecule has 6 nitrogen and oxygen atoms in total. The first kappa shape index (κ1) is 15.2. The molecule has 0 fully saturated rings. The van der Waals surface area contributed by atoms with Crippen molar-refractivity contribution in [2.75, 3.05) is 10.5 Å². The van der Waals surface area contributed by atoms with Gasteiger partial charge in [-0.05, 0) is 20.8 Å². The number of nitrogens with zero attached hydrogens (tertiary/aromatic N) is 2. The molecule has 2 rings (SSSR count). The van der Waals surface area contributed by atoms with Gasteiger partial charge in [-0.2, -0.15) is 4.98 Å². The molecular weight excluding hydrogens is 288 g/mol. The molecule has 1 aromatic heterocycles. The highest BCUT2D eigenvalue weighted by molar-refractivity contribution is 7.93. The fraction of sp³-hybridized carbons (Fsp3) is 0.286. The smallest absolute Gasteiger partial charge is 0.239 e. The fourth-order valence-corrected chi connectivity index (χ4v) is 2.28. The second-order valence-corrected chi connectivity index (χ2v) is 7.20. The molecular formula is C14H18N4O2S. The number of nitrogen functional groups attached to an aromatic ring is 1. The Bertz CT molecular complexity index is 743. The summed E-state index contributed by atoms with van der Waals surface area (Å²) in [5, 5.41) is -0.580. The number of hydrogen-bond acceptors (Lipinski definition) is 5. The normalized spacial score (nSPS) is 11.6. The first-order valence-corrected chi connectivity index (χ1v) is 8.07. The lowest BCUT2D eigenvalue weighted by Gasteiger charge is -2.13. The lowest BCUT2D eigenvalue weighted by Crippen LogP contribution is -2.24. The molecule has 21 heavy (non-hydrogen) atoms. The van der Waals surface area contributed by atoms with Crippen molar-refractivity contribution >= 4 is 21.8 Å². The maximum absolute atomic E-state index is 11.9. The van der Waals surface area contributed by atoms with Gasteiger partial charge in [-0.15, -0.1) is 0 Å². The Labute approximate surface area is 124 Å². The first-order chi connectivity index (χ1) is 9.81. The molecule has 0 saturated heterocycles. The monoisotopic (exact) mass is 306 g/mol. The Hall–Kier alpha value is -2.15. The molecule has 0 radical (unpaired) electrons. The molecule has 0 aliphatic rings. The molecule has 2 aromatic rings. The zero-order valence-electron chi connectivity index (χ0n) is 12.2. The number of aromatic nitrogens is 2. The summed E-state index contributed by atoms with van der Waals surface area (Å²) in [5.41, 5.74) is 8.06. The van der Waals surface area contributed by atoms with E-state index in [9.17, 15) is 8.42 Å². The summed E-state index contributed by atoms with van der Waals surface area (Å²) in [6.07, 6.45) is 0. The minimum atomic E-state index is -3.51. The lowest BCUT2D eigenvalue weighted by molar-refractivity contribution is 0.592. The third kappa shape index (κ3) is 3.30. The largest absolute Gasteiger partial charge is 0.383 e. The Morgan fingerprint density at radius 2 is 1.76 bits per heavy atom. The van der Waals surface area contributed by atoms with Gasteiger partial charge in [0.25, 0.3) is 0 Å². The summed E-state index contributed by atoms with van der Waals surface area (Å²) >= 11 is 0. The van der Waals surface area contributed by atoms with Gasteiger partial charge in [-0.25, -0.2) is 13.4 Å². The second-order valence-electron chi connectivity index (χ2n) is 4.97. The van der Waals surface area contributed by atoms with Gasteiger partial charge in [-0.1, -0.05) is 30.3 Å². The molecule has 0 unspecified atom stereocenters. The molecule has 3 N–H and O–H groups in total. The number of sulfonamides is 1. The van der Waals surface area contributed by atoms with E-state index in [2.05, 4.69) is 14.7 Å². The molecule has 0 saturated carbocycles. The predicted molar refractivity (Wildman–Crippen MR) is 84.3 cm³/mol. The molecule has 0 aliphatic heterocycles. The molecule has 112 valence electrons. The Morgan fingerprint density at radius 3 is 2.33 bits per heavy atom. The van der Waals surface area contributed by atoms with Crippen LogP contribution in [-0.4, -0.2) is 23.6 Å². The van der Waals surface area contributed by atoms with Crippen LogP contribution in [0, 0.1) is 6.92 Å². The Kier molecular flexibility index (Phi) is 4.13. The van der Waals surface area contributed by atoms with Crippen LogP contribution in [0.3, 0.4) is 0 Å². The van der Waals surface area contributed by atoms with Crippen LogP contribution in [0.25, 0.3) is 11.3 Å². The van der Waals surface area contributed by atoms with Crippen molar-refractivity contribution in [3.63, 3.8) is 0 Å². The topological polar surface area (TPSA) is 98.0 Å². The summed E-state index contributed by atoms with van der Waals surface area (Å²) in [7, 11) is -3.51. The van der Waals surface area contributed by atoms with Crippen LogP contribution >= 0.6 is 0 Å². The number of anilines is 2. The van der Waals surface area contributed by atoms with Crippen LogP contribution in [-0.2, 0) is 10.0 Å². The second kappa shape index (κ2) is 5.69. The molecule has 1 heterocycles. The highest BCUT2D eigenvalue weighted by atomic mass is 32.2. The van der Waals surface area contributed by atoms with Crippen molar-refractivity contribution < 1.29 is 8.42 Å². The van der Waals surface area contributed by atoms with Crippen molar-refractivity contribution in [1.82, 2.24) is 9.97 Å². The quantitative estimate of drug-likeness (QED) is 0.902. The third-order valence-electron chi connectivity index (χ3n) is 3.08. The number of benzene rings is 1. The van der Waals surface area contributed by atoms with Gasteiger partial charge in [0.05, 0.1) is 10.9 Å². The lowest BCUT2D eigenvalue weighted by atomic mass is 10.1. The maximum Gasteiger partial charge on any atom is 0.239 e. The zero-order valence-corrected chi connectivity index (χ0v) is 13.0. The molecule has 0 atom stereocenters. The van der Waals surface area contributed by atoms with E-state index in [1.165, 1.54) is 0 Å².